The van der Waals surface area contributed by atoms with Crippen LogP contribution in [-0.2, 0) is 18.8 Å². The number of carbonyl (C=O) groups is 1. The lowest BCUT2D eigenvalue weighted by atomic mass is 9.98. The van der Waals surface area contributed by atoms with Gasteiger partial charge >= 0.3 is 11.7 Å². The lowest BCUT2D eigenvalue weighted by molar-refractivity contribution is -0.142. The van der Waals surface area contributed by atoms with Crippen LogP contribution in [-0.4, -0.2) is 63.5 Å². The van der Waals surface area contributed by atoms with Crippen LogP contribution in [0.4, 0.5) is 0 Å². The van der Waals surface area contributed by atoms with E-state index in [0.717, 1.165) is 10.9 Å². The molecule has 3 N–H and O–H groups in total. The molecule has 2 fully saturated rings. The summed E-state index contributed by atoms with van der Waals surface area (Å²) in [7, 11) is -1.69. The standard InChI is InChI=1S/C14H21N4O7P/c1-7(13(21)24-2)17-26(23)4-3-9-8(6-26)11(20)12(25-9)18-14(22)16-10(19)5-15-18/h5,7-9,11-12,20H,3-4,6H2,1-2H3,(H,17,23)(H,16,19,22)/t7-,8+,9+,11+,12+,26?/m0/s1. The van der Waals surface area contributed by atoms with Crippen LogP contribution in [0.2, 0.25) is 0 Å². The van der Waals surface area contributed by atoms with Crippen molar-refractivity contribution in [3.8, 4) is 0 Å². The van der Waals surface area contributed by atoms with Crippen LogP contribution in [0.3, 0.4) is 0 Å². The number of fused-ring (bicyclic) bond motifs is 1. The van der Waals surface area contributed by atoms with Crippen LogP contribution in [0, 0.1) is 5.92 Å². The maximum Gasteiger partial charge on any atom is 0.347 e. The smallest absolute Gasteiger partial charge is 0.347 e. The quantitative estimate of drug-likeness (QED) is 0.419. The second-order valence-corrected chi connectivity index (χ2v) is 9.41. The number of ether oxygens (including phenoxy) is 2. The molecule has 3 rings (SSSR count). The minimum absolute atomic E-state index is 0.120. The number of nitrogens with zero attached hydrogens (tertiary/aromatic N) is 2. The third kappa shape index (κ3) is 3.52. The summed E-state index contributed by atoms with van der Waals surface area (Å²) in [6.07, 6.45) is -0.859. The number of esters is 1. The molecule has 1 aromatic heterocycles. The summed E-state index contributed by atoms with van der Waals surface area (Å²) in [6, 6.07) is -0.735. The number of nitrogens with one attached hydrogen (secondary N) is 2. The Kier molecular flexibility index (Phi) is 5.16. The molecule has 0 aromatic carbocycles. The van der Waals surface area contributed by atoms with Gasteiger partial charge in [0, 0.05) is 18.2 Å². The number of aromatic nitrogens is 3. The molecule has 6 atom stereocenters. The Balaban J connectivity index is 1.77. The highest BCUT2D eigenvalue weighted by molar-refractivity contribution is 7.62. The summed E-state index contributed by atoms with van der Waals surface area (Å²) >= 11 is 0. The number of aromatic amines is 1. The Hall–Kier alpha value is -1.81. The van der Waals surface area contributed by atoms with Gasteiger partial charge in [-0.3, -0.25) is 19.7 Å². The Bertz CT molecular complexity index is 852. The molecule has 0 aliphatic carbocycles. The molecule has 11 nitrogen and oxygen atoms in total. The van der Waals surface area contributed by atoms with Crippen molar-refractivity contribution in [2.75, 3.05) is 19.4 Å². The molecule has 0 spiro atoms. The Morgan fingerprint density at radius 3 is 2.96 bits per heavy atom. The minimum atomic E-state index is -2.94. The molecular formula is C14H21N4O7P. The van der Waals surface area contributed by atoms with Crippen LogP contribution < -0.4 is 16.3 Å². The predicted octanol–water partition coefficient (Wildman–Crippen LogP) is -1.36. The van der Waals surface area contributed by atoms with Crippen LogP contribution in [0.15, 0.2) is 15.8 Å². The molecule has 2 aliphatic rings. The Morgan fingerprint density at radius 1 is 1.58 bits per heavy atom. The topological polar surface area (TPSA) is 153 Å². The van der Waals surface area contributed by atoms with E-state index in [-0.39, 0.29) is 6.16 Å². The van der Waals surface area contributed by atoms with Gasteiger partial charge in [-0.25, -0.2) is 4.79 Å². The Morgan fingerprint density at radius 2 is 2.31 bits per heavy atom. The van der Waals surface area contributed by atoms with E-state index in [1.807, 2.05) is 0 Å². The van der Waals surface area contributed by atoms with Crippen molar-refractivity contribution in [3.05, 3.63) is 27.0 Å². The lowest BCUT2D eigenvalue weighted by Crippen LogP contribution is -2.41. The van der Waals surface area contributed by atoms with Gasteiger partial charge in [0.1, 0.15) is 25.6 Å². The lowest BCUT2D eigenvalue weighted by Gasteiger charge is -2.33. The first kappa shape index (κ1) is 19.0. The van der Waals surface area contributed by atoms with E-state index in [1.165, 1.54) is 7.11 Å². The fraction of sp³-hybridized carbons (Fsp3) is 0.714. The average molecular weight is 388 g/mol. The first-order valence-electron chi connectivity index (χ1n) is 8.19. The average Bonchev–Trinajstić information content (AvgIpc) is 2.90. The summed E-state index contributed by atoms with van der Waals surface area (Å²) < 4.78 is 24.3. The second-order valence-electron chi connectivity index (χ2n) is 6.56. The van der Waals surface area contributed by atoms with Crippen molar-refractivity contribution in [3.63, 3.8) is 0 Å². The number of carbonyl (C=O) groups excluding carboxylic acids is 1. The summed E-state index contributed by atoms with van der Waals surface area (Å²) in [5.41, 5.74) is -1.44. The highest BCUT2D eigenvalue weighted by Crippen LogP contribution is 2.53. The van der Waals surface area contributed by atoms with E-state index in [9.17, 15) is 24.1 Å². The van der Waals surface area contributed by atoms with E-state index in [0.29, 0.717) is 12.6 Å². The third-order valence-electron chi connectivity index (χ3n) is 4.77. The van der Waals surface area contributed by atoms with E-state index >= 15 is 0 Å². The van der Waals surface area contributed by atoms with Crippen molar-refractivity contribution in [1.82, 2.24) is 19.9 Å². The molecule has 0 amide bonds. The molecule has 0 bridgehead atoms. The fourth-order valence-electron chi connectivity index (χ4n) is 3.51. The summed E-state index contributed by atoms with van der Waals surface area (Å²) in [5.74, 6) is -1.01. The zero-order valence-electron chi connectivity index (χ0n) is 14.3. The number of aliphatic hydroxyl groups is 1. The third-order valence-corrected chi connectivity index (χ3v) is 7.62. The first-order chi connectivity index (χ1) is 12.2. The number of rotatable bonds is 4. The van der Waals surface area contributed by atoms with Gasteiger partial charge in [-0.15, -0.1) is 0 Å². The van der Waals surface area contributed by atoms with Crippen molar-refractivity contribution in [2.24, 2.45) is 5.92 Å². The van der Waals surface area contributed by atoms with E-state index < -0.39 is 54.9 Å². The van der Waals surface area contributed by atoms with Crippen molar-refractivity contribution in [1.29, 1.82) is 0 Å². The maximum atomic E-state index is 13.1. The van der Waals surface area contributed by atoms with E-state index in [1.54, 1.807) is 6.92 Å². The molecule has 2 aliphatic heterocycles. The van der Waals surface area contributed by atoms with Gasteiger partial charge in [-0.05, 0) is 13.3 Å². The second kappa shape index (κ2) is 7.07. The monoisotopic (exact) mass is 388 g/mol. The van der Waals surface area contributed by atoms with Crippen LogP contribution in [0.5, 0.6) is 0 Å². The predicted molar refractivity (Wildman–Crippen MR) is 89.1 cm³/mol. The largest absolute Gasteiger partial charge is 0.468 e. The normalized spacial score (nSPS) is 34.9. The summed E-state index contributed by atoms with van der Waals surface area (Å²) in [5, 5.41) is 17.1. The zero-order valence-corrected chi connectivity index (χ0v) is 15.2. The molecule has 26 heavy (non-hydrogen) atoms. The van der Waals surface area contributed by atoms with Gasteiger partial charge in [-0.1, -0.05) is 0 Å². The van der Waals surface area contributed by atoms with Gasteiger partial charge in [-0.2, -0.15) is 9.78 Å². The zero-order chi connectivity index (χ0) is 19.1. The molecule has 144 valence electrons. The minimum Gasteiger partial charge on any atom is -0.468 e. The summed E-state index contributed by atoms with van der Waals surface area (Å²) in [4.78, 5) is 36.7. The fourth-order valence-corrected chi connectivity index (χ4v) is 6.54. The number of hydrogen-bond donors (Lipinski definition) is 3. The molecule has 3 heterocycles. The first-order valence-corrected chi connectivity index (χ1v) is 10.3. The number of hydrogen-bond acceptors (Lipinski definition) is 8. The van der Waals surface area contributed by atoms with Crippen molar-refractivity contribution >= 4 is 13.3 Å². The van der Waals surface area contributed by atoms with Crippen molar-refractivity contribution < 1.29 is 23.9 Å². The molecule has 12 heteroatoms. The van der Waals surface area contributed by atoms with Gasteiger partial charge < -0.3 is 19.1 Å². The SMILES string of the molecule is COC(=O)[C@H](C)NP1(=O)CC[C@H]2O[C@@H](n3ncc(=O)[nH]c3=O)[C@H](O)[C@@H]2C1. The number of aliphatic hydroxyl groups excluding tert-OH is 1. The molecule has 1 aromatic rings. The summed E-state index contributed by atoms with van der Waals surface area (Å²) in [6.45, 7) is 1.56. The van der Waals surface area contributed by atoms with Crippen LogP contribution in [0.1, 0.15) is 19.6 Å². The van der Waals surface area contributed by atoms with Crippen LogP contribution >= 0.6 is 7.29 Å². The van der Waals surface area contributed by atoms with Gasteiger partial charge in [0.15, 0.2) is 6.23 Å². The highest BCUT2D eigenvalue weighted by atomic mass is 31.2. The van der Waals surface area contributed by atoms with E-state index in [2.05, 4.69) is 19.9 Å². The maximum absolute atomic E-state index is 13.1. The molecule has 2 saturated heterocycles. The van der Waals surface area contributed by atoms with Crippen LogP contribution in [0.25, 0.3) is 0 Å². The number of methoxy groups -OCH3 is 1. The molecule has 1 unspecified atom stereocenters. The highest BCUT2D eigenvalue weighted by Gasteiger charge is 2.51. The van der Waals surface area contributed by atoms with E-state index in [4.69, 9.17) is 4.74 Å². The molecule has 0 radical (unpaired) electrons. The molecular weight excluding hydrogens is 367 g/mol. The van der Waals surface area contributed by atoms with Gasteiger partial charge in [0.25, 0.3) is 5.56 Å². The number of H-pyrrole nitrogens is 1. The van der Waals surface area contributed by atoms with Gasteiger partial charge in [0.2, 0.25) is 0 Å². The Labute approximate surface area is 148 Å². The molecule has 0 saturated carbocycles. The van der Waals surface area contributed by atoms with Crippen molar-refractivity contribution in [2.45, 2.75) is 37.8 Å². The van der Waals surface area contributed by atoms with Gasteiger partial charge in [0.05, 0.1) is 13.2 Å².